The predicted octanol–water partition coefficient (Wildman–Crippen LogP) is 1.82. The van der Waals surface area contributed by atoms with Crippen LogP contribution in [-0.2, 0) is 4.79 Å². The normalized spacial score (nSPS) is 10.9. The van der Waals surface area contributed by atoms with E-state index in [1.807, 2.05) is 34.0 Å². The molecule has 20 heavy (non-hydrogen) atoms. The van der Waals surface area contributed by atoms with Crippen molar-refractivity contribution in [3.05, 3.63) is 12.1 Å². The fraction of sp³-hybridized carbons (Fsp3) is 0.643. The number of aromatic nitrogens is 2. The molecule has 0 radical (unpaired) electrons. The molecule has 112 valence electrons. The van der Waals surface area contributed by atoms with Gasteiger partial charge in [-0.05, 0) is 39.1 Å². The van der Waals surface area contributed by atoms with Gasteiger partial charge in [-0.2, -0.15) is 0 Å². The molecule has 0 fully saturated rings. The number of carbonyl (C=O) groups excluding carboxylic acids is 1. The topological polar surface area (TPSA) is 70.2 Å². The van der Waals surface area contributed by atoms with Gasteiger partial charge in [0.15, 0.2) is 5.82 Å². The highest BCUT2D eigenvalue weighted by Gasteiger charge is 2.14. The van der Waals surface area contributed by atoms with Gasteiger partial charge in [-0.25, -0.2) is 0 Å². The minimum Gasteiger partial charge on any atom is -0.367 e. The first-order valence-electron chi connectivity index (χ1n) is 7.10. The van der Waals surface area contributed by atoms with E-state index < -0.39 is 0 Å². The van der Waals surface area contributed by atoms with Crippen LogP contribution >= 0.6 is 0 Å². The molecule has 1 amide bonds. The first-order valence-corrected chi connectivity index (χ1v) is 7.10. The number of anilines is 2. The number of hydrogen-bond donors (Lipinski definition) is 2. The zero-order chi connectivity index (χ0) is 15.0. The second-order valence-electron chi connectivity index (χ2n) is 5.04. The number of nitrogens with one attached hydrogen (secondary N) is 2. The van der Waals surface area contributed by atoms with Gasteiger partial charge >= 0.3 is 0 Å². The summed E-state index contributed by atoms with van der Waals surface area (Å²) in [5.74, 6) is 1.26. The summed E-state index contributed by atoms with van der Waals surface area (Å²) in [5, 5.41) is 14.0. The van der Waals surface area contributed by atoms with Crippen LogP contribution in [0.25, 0.3) is 0 Å². The van der Waals surface area contributed by atoms with E-state index in [0.717, 1.165) is 25.9 Å². The summed E-state index contributed by atoms with van der Waals surface area (Å²) in [5.41, 5.74) is 0. The van der Waals surface area contributed by atoms with Crippen molar-refractivity contribution >= 4 is 17.5 Å². The van der Waals surface area contributed by atoms with Crippen LogP contribution in [0.1, 0.15) is 26.7 Å². The van der Waals surface area contributed by atoms with Crippen LogP contribution in [0.4, 0.5) is 11.6 Å². The van der Waals surface area contributed by atoms with Crippen LogP contribution in [0.2, 0.25) is 0 Å². The third kappa shape index (κ3) is 5.52. The van der Waals surface area contributed by atoms with Gasteiger partial charge in [-0.15, -0.1) is 10.2 Å². The summed E-state index contributed by atoms with van der Waals surface area (Å²) in [6.45, 7) is 5.75. The fourth-order valence-corrected chi connectivity index (χ4v) is 1.79. The van der Waals surface area contributed by atoms with Gasteiger partial charge in [0, 0.05) is 19.0 Å². The molecule has 0 aromatic carbocycles. The fourth-order valence-electron chi connectivity index (χ4n) is 1.79. The Morgan fingerprint density at radius 1 is 1.20 bits per heavy atom. The number of rotatable bonds is 8. The van der Waals surface area contributed by atoms with Crippen LogP contribution in [-0.4, -0.2) is 48.2 Å². The van der Waals surface area contributed by atoms with Crippen LogP contribution in [0.15, 0.2) is 12.1 Å². The van der Waals surface area contributed by atoms with Crippen molar-refractivity contribution in [3.63, 3.8) is 0 Å². The average Bonchev–Trinajstić information content (AvgIpc) is 2.42. The van der Waals surface area contributed by atoms with Crippen LogP contribution < -0.4 is 10.6 Å². The second kappa shape index (κ2) is 8.47. The Hall–Kier alpha value is -1.69. The zero-order valence-corrected chi connectivity index (χ0v) is 12.8. The van der Waals surface area contributed by atoms with Gasteiger partial charge in [0.05, 0.1) is 0 Å². The summed E-state index contributed by atoms with van der Waals surface area (Å²) in [4.78, 5) is 14.0. The Morgan fingerprint density at radius 3 is 2.30 bits per heavy atom. The van der Waals surface area contributed by atoms with Crippen molar-refractivity contribution in [2.24, 2.45) is 5.92 Å². The molecule has 1 aromatic heterocycles. The van der Waals surface area contributed by atoms with Crippen LogP contribution in [0.3, 0.4) is 0 Å². The highest BCUT2D eigenvalue weighted by molar-refractivity contribution is 5.91. The quantitative estimate of drug-likeness (QED) is 0.759. The minimum atomic E-state index is 0.0117. The highest BCUT2D eigenvalue weighted by atomic mass is 16.1. The van der Waals surface area contributed by atoms with Crippen molar-refractivity contribution in [1.82, 2.24) is 15.1 Å². The van der Waals surface area contributed by atoms with E-state index in [1.54, 1.807) is 6.07 Å². The van der Waals surface area contributed by atoms with E-state index in [2.05, 4.69) is 25.7 Å². The maximum Gasteiger partial charge on any atom is 0.228 e. The highest BCUT2D eigenvalue weighted by Crippen LogP contribution is 2.12. The lowest BCUT2D eigenvalue weighted by molar-refractivity contribution is -0.120. The van der Waals surface area contributed by atoms with Crippen molar-refractivity contribution in [1.29, 1.82) is 0 Å². The maximum atomic E-state index is 11.9. The number of hydrogen-bond acceptors (Lipinski definition) is 5. The molecule has 2 N–H and O–H groups in total. The number of carbonyl (C=O) groups is 1. The molecule has 0 atom stereocenters. The predicted molar refractivity (Wildman–Crippen MR) is 81.8 cm³/mol. The third-order valence-corrected chi connectivity index (χ3v) is 3.14. The molecular formula is C14H25N5O. The smallest absolute Gasteiger partial charge is 0.228 e. The summed E-state index contributed by atoms with van der Waals surface area (Å²) < 4.78 is 0. The molecule has 0 unspecified atom stereocenters. The van der Waals surface area contributed by atoms with Gasteiger partial charge < -0.3 is 15.5 Å². The van der Waals surface area contributed by atoms with E-state index in [4.69, 9.17) is 0 Å². The summed E-state index contributed by atoms with van der Waals surface area (Å²) in [7, 11) is 4.04. The Bertz CT molecular complexity index is 401. The number of likely N-dealkylation sites (N-methyl/N-ethyl adjacent to an activating group) is 1. The minimum absolute atomic E-state index is 0.0117. The van der Waals surface area contributed by atoms with E-state index >= 15 is 0 Å². The summed E-state index contributed by atoms with van der Waals surface area (Å²) in [6, 6.07) is 3.59. The monoisotopic (exact) mass is 279 g/mol. The molecule has 0 saturated carbocycles. The van der Waals surface area contributed by atoms with Gasteiger partial charge in [0.1, 0.15) is 5.82 Å². The molecule has 0 bridgehead atoms. The standard InChI is InChI=1S/C14H25N5O/c1-5-11(6-2)14(20)16-13-8-7-12(17-18-13)15-9-10-19(3)4/h7-8,11H,5-6,9-10H2,1-4H3,(H,15,17)(H,16,18,20). The van der Waals surface area contributed by atoms with Gasteiger partial charge in [0.2, 0.25) is 5.91 Å². The second-order valence-corrected chi connectivity index (χ2v) is 5.04. The Balaban J connectivity index is 2.48. The van der Waals surface area contributed by atoms with Crippen molar-refractivity contribution in [2.45, 2.75) is 26.7 Å². The molecule has 1 heterocycles. The number of amides is 1. The Labute approximate surface area is 121 Å². The largest absolute Gasteiger partial charge is 0.367 e. The molecule has 0 aliphatic heterocycles. The third-order valence-electron chi connectivity index (χ3n) is 3.14. The average molecular weight is 279 g/mol. The number of nitrogens with zero attached hydrogens (tertiary/aromatic N) is 3. The molecule has 0 aliphatic rings. The Kier molecular flexibility index (Phi) is 6.93. The first kappa shape index (κ1) is 16.4. The lowest BCUT2D eigenvalue weighted by atomic mass is 10.0. The van der Waals surface area contributed by atoms with Crippen LogP contribution in [0.5, 0.6) is 0 Å². The van der Waals surface area contributed by atoms with E-state index in [-0.39, 0.29) is 11.8 Å². The SMILES string of the molecule is CCC(CC)C(=O)Nc1ccc(NCCN(C)C)nn1. The Morgan fingerprint density at radius 2 is 1.80 bits per heavy atom. The molecule has 0 spiro atoms. The van der Waals surface area contributed by atoms with E-state index in [9.17, 15) is 4.79 Å². The lowest BCUT2D eigenvalue weighted by Gasteiger charge is -2.12. The molecular weight excluding hydrogens is 254 g/mol. The van der Waals surface area contributed by atoms with E-state index in [1.165, 1.54) is 0 Å². The van der Waals surface area contributed by atoms with E-state index in [0.29, 0.717) is 11.6 Å². The first-order chi connectivity index (χ1) is 9.56. The van der Waals surface area contributed by atoms with Crippen molar-refractivity contribution < 1.29 is 4.79 Å². The summed E-state index contributed by atoms with van der Waals surface area (Å²) in [6.07, 6.45) is 1.67. The van der Waals surface area contributed by atoms with Gasteiger partial charge in [0.25, 0.3) is 0 Å². The maximum absolute atomic E-state index is 11.9. The molecule has 0 aliphatic carbocycles. The van der Waals surface area contributed by atoms with Crippen LogP contribution in [0, 0.1) is 5.92 Å². The zero-order valence-electron chi connectivity index (χ0n) is 12.8. The lowest BCUT2D eigenvalue weighted by Crippen LogP contribution is -2.23. The molecule has 1 rings (SSSR count). The molecule has 6 heteroatoms. The summed E-state index contributed by atoms with van der Waals surface area (Å²) >= 11 is 0. The molecule has 0 saturated heterocycles. The van der Waals surface area contributed by atoms with Gasteiger partial charge in [-0.1, -0.05) is 13.8 Å². The van der Waals surface area contributed by atoms with Gasteiger partial charge in [-0.3, -0.25) is 4.79 Å². The van der Waals surface area contributed by atoms with Crippen molar-refractivity contribution in [3.8, 4) is 0 Å². The molecule has 6 nitrogen and oxygen atoms in total. The van der Waals surface area contributed by atoms with Crippen molar-refractivity contribution in [2.75, 3.05) is 37.8 Å². The molecule has 1 aromatic rings.